The average molecular weight is 325 g/mol. The van der Waals surface area contributed by atoms with Gasteiger partial charge in [0, 0.05) is 19.6 Å². The number of benzene rings is 1. The largest absolute Gasteiger partial charge is 0.493 e. The van der Waals surface area contributed by atoms with E-state index >= 15 is 0 Å². The molecule has 0 saturated carbocycles. The van der Waals surface area contributed by atoms with Crippen molar-refractivity contribution < 1.29 is 14.2 Å². The van der Waals surface area contributed by atoms with Crippen molar-refractivity contribution in [1.82, 2.24) is 15.8 Å². The lowest BCUT2D eigenvalue weighted by Gasteiger charge is -2.28. The van der Waals surface area contributed by atoms with Gasteiger partial charge >= 0.3 is 0 Å². The predicted molar refractivity (Wildman–Crippen MR) is 89.4 cm³/mol. The van der Waals surface area contributed by atoms with Crippen LogP contribution in [0.4, 0.5) is 0 Å². The van der Waals surface area contributed by atoms with Gasteiger partial charge in [0.15, 0.2) is 16.6 Å². The van der Waals surface area contributed by atoms with Crippen LogP contribution >= 0.6 is 12.2 Å². The summed E-state index contributed by atoms with van der Waals surface area (Å²) in [6.07, 6.45) is 0.852. The van der Waals surface area contributed by atoms with Crippen molar-refractivity contribution >= 4 is 17.3 Å². The van der Waals surface area contributed by atoms with E-state index in [9.17, 15) is 0 Å². The van der Waals surface area contributed by atoms with Crippen molar-refractivity contribution in [2.45, 2.75) is 6.42 Å². The molecule has 7 heteroatoms. The number of nitrogens with one attached hydrogen (secondary N) is 2. The average Bonchev–Trinajstić information content (AvgIpc) is 2.55. The van der Waals surface area contributed by atoms with Gasteiger partial charge in [-0.05, 0) is 36.3 Å². The second-order valence-corrected chi connectivity index (χ2v) is 5.31. The summed E-state index contributed by atoms with van der Waals surface area (Å²) in [5.41, 5.74) is 4.34. The van der Waals surface area contributed by atoms with E-state index < -0.39 is 0 Å². The van der Waals surface area contributed by atoms with Crippen molar-refractivity contribution in [1.29, 1.82) is 0 Å². The molecule has 0 amide bonds. The van der Waals surface area contributed by atoms with Crippen molar-refractivity contribution in [3.05, 3.63) is 23.8 Å². The molecule has 0 spiro atoms. The molecule has 0 aliphatic carbocycles. The summed E-state index contributed by atoms with van der Waals surface area (Å²) in [6, 6.07) is 5.93. The van der Waals surface area contributed by atoms with Crippen LogP contribution in [0.1, 0.15) is 5.56 Å². The lowest BCUT2D eigenvalue weighted by atomic mass is 10.1. The first-order valence-electron chi connectivity index (χ1n) is 7.31. The van der Waals surface area contributed by atoms with Gasteiger partial charge in [0.05, 0.1) is 27.4 Å². The molecule has 1 aromatic carbocycles. The molecule has 1 heterocycles. The molecule has 1 aliphatic rings. The van der Waals surface area contributed by atoms with E-state index in [1.807, 2.05) is 18.2 Å². The summed E-state index contributed by atoms with van der Waals surface area (Å²) >= 11 is 5.29. The van der Waals surface area contributed by atoms with Crippen LogP contribution in [0, 0.1) is 0 Å². The summed E-state index contributed by atoms with van der Waals surface area (Å²) in [5.74, 6) is 1.48. The van der Waals surface area contributed by atoms with Gasteiger partial charge in [-0.1, -0.05) is 6.07 Å². The van der Waals surface area contributed by atoms with Crippen LogP contribution in [0.3, 0.4) is 0 Å². The molecule has 1 aromatic rings. The molecule has 1 fully saturated rings. The molecule has 2 rings (SSSR count). The SMILES string of the molecule is COc1ccc(CCNC(=S)NN2CCOCC2)cc1OC. The zero-order valence-corrected chi connectivity index (χ0v) is 13.9. The van der Waals surface area contributed by atoms with E-state index in [4.69, 9.17) is 26.4 Å². The summed E-state index contributed by atoms with van der Waals surface area (Å²) in [4.78, 5) is 0. The first-order chi connectivity index (χ1) is 10.7. The Morgan fingerprint density at radius 1 is 1.23 bits per heavy atom. The highest BCUT2D eigenvalue weighted by molar-refractivity contribution is 7.80. The predicted octanol–water partition coefficient (Wildman–Crippen LogP) is 0.958. The smallest absolute Gasteiger partial charge is 0.181 e. The first-order valence-corrected chi connectivity index (χ1v) is 7.72. The zero-order chi connectivity index (χ0) is 15.8. The Balaban J connectivity index is 1.74. The second kappa shape index (κ2) is 8.77. The van der Waals surface area contributed by atoms with Crippen LogP contribution in [0.25, 0.3) is 0 Å². The van der Waals surface area contributed by atoms with Gasteiger partial charge in [0.2, 0.25) is 0 Å². The summed E-state index contributed by atoms with van der Waals surface area (Å²) in [6.45, 7) is 3.92. The minimum absolute atomic E-state index is 0.641. The number of hydrazine groups is 1. The molecular weight excluding hydrogens is 302 g/mol. The molecule has 1 saturated heterocycles. The quantitative estimate of drug-likeness (QED) is 0.756. The van der Waals surface area contributed by atoms with E-state index in [1.165, 1.54) is 5.56 Å². The van der Waals surface area contributed by atoms with Crippen molar-refractivity contribution in [3.8, 4) is 11.5 Å². The lowest BCUT2D eigenvalue weighted by molar-refractivity contribution is 0.0247. The Morgan fingerprint density at radius 3 is 2.64 bits per heavy atom. The van der Waals surface area contributed by atoms with Crippen LogP contribution in [0.15, 0.2) is 18.2 Å². The molecule has 0 radical (unpaired) electrons. The van der Waals surface area contributed by atoms with E-state index in [-0.39, 0.29) is 0 Å². The van der Waals surface area contributed by atoms with Gasteiger partial charge in [-0.2, -0.15) is 0 Å². The zero-order valence-electron chi connectivity index (χ0n) is 13.1. The van der Waals surface area contributed by atoms with Gasteiger partial charge in [-0.25, -0.2) is 5.01 Å². The Hall–Kier alpha value is -1.57. The molecule has 122 valence electrons. The van der Waals surface area contributed by atoms with Crippen LogP contribution in [-0.2, 0) is 11.2 Å². The Labute approximate surface area is 136 Å². The fourth-order valence-electron chi connectivity index (χ4n) is 2.21. The highest BCUT2D eigenvalue weighted by atomic mass is 32.1. The Kier molecular flexibility index (Phi) is 6.70. The minimum atomic E-state index is 0.641. The third kappa shape index (κ3) is 5.01. The maximum atomic E-state index is 5.30. The standard InChI is InChI=1S/C15H23N3O3S/c1-19-13-4-3-12(11-14(13)20-2)5-6-16-15(22)17-18-7-9-21-10-8-18/h3-4,11H,5-10H2,1-2H3,(H2,16,17,22). The molecule has 0 aromatic heterocycles. The van der Waals surface area contributed by atoms with Crippen molar-refractivity contribution in [2.75, 3.05) is 47.1 Å². The van der Waals surface area contributed by atoms with Crippen molar-refractivity contribution in [3.63, 3.8) is 0 Å². The first kappa shape index (κ1) is 16.8. The summed E-state index contributed by atoms with van der Waals surface area (Å²) in [5, 5.41) is 5.92. The number of hydrogen-bond acceptors (Lipinski definition) is 5. The Bertz CT molecular complexity index is 493. The van der Waals surface area contributed by atoms with Gasteiger partial charge in [-0.15, -0.1) is 0 Å². The third-order valence-corrected chi connectivity index (χ3v) is 3.65. The van der Waals surface area contributed by atoms with Gasteiger partial charge in [-0.3, -0.25) is 5.43 Å². The fraction of sp³-hybridized carbons (Fsp3) is 0.533. The number of morpholine rings is 1. The number of rotatable bonds is 6. The molecular formula is C15H23N3O3S. The maximum absolute atomic E-state index is 5.30. The lowest BCUT2D eigenvalue weighted by Crippen LogP contribution is -2.51. The van der Waals surface area contributed by atoms with Gasteiger partial charge < -0.3 is 19.5 Å². The molecule has 22 heavy (non-hydrogen) atoms. The van der Waals surface area contributed by atoms with E-state index in [2.05, 4.69) is 15.8 Å². The fourth-order valence-corrected chi connectivity index (χ4v) is 2.45. The summed E-state index contributed by atoms with van der Waals surface area (Å²) < 4.78 is 15.8. The van der Waals surface area contributed by atoms with Crippen LogP contribution in [0.5, 0.6) is 11.5 Å². The monoisotopic (exact) mass is 325 g/mol. The van der Waals surface area contributed by atoms with Crippen LogP contribution in [-0.4, -0.2) is 57.2 Å². The molecule has 2 N–H and O–H groups in total. The maximum Gasteiger partial charge on any atom is 0.181 e. The molecule has 6 nitrogen and oxygen atoms in total. The topological polar surface area (TPSA) is 55.0 Å². The number of methoxy groups -OCH3 is 2. The molecule has 1 aliphatic heterocycles. The number of ether oxygens (including phenoxy) is 3. The number of hydrogen-bond donors (Lipinski definition) is 2. The van der Waals surface area contributed by atoms with E-state index in [1.54, 1.807) is 14.2 Å². The van der Waals surface area contributed by atoms with Crippen LogP contribution in [0.2, 0.25) is 0 Å². The highest BCUT2D eigenvalue weighted by Crippen LogP contribution is 2.27. The number of nitrogens with zero attached hydrogens (tertiary/aromatic N) is 1. The van der Waals surface area contributed by atoms with Crippen molar-refractivity contribution in [2.24, 2.45) is 0 Å². The highest BCUT2D eigenvalue weighted by Gasteiger charge is 2.10. The summed E-state index contributed by atoms with van der Waals surface area (Å²) in [7, 11) is 3.27. The normalized spacial score (nSPS) is 15.2. The second-order valence-electron chi connectivity index (χ2n) is 4.91. The number of thiocarbonyl (C=S) groups is 1. The minimum Gasteiger partial charge on any atom is -0.493 e. The van der Waals surface area contributed by atoms with Gasteiger partial charge in [0.25, 0.3) is 0 Å². The Morgan fingerprint density at radius 2 is 1.95 bits per heavy atom. The molecule has 0 atom stereocenters. The third-order valence-electron chi connectivity index (χ3n) is 3.42. The van der Waals surface area contributed by atoms with Crippen LogP contribution < -0.4 is 20.2 Å². The molecule has 0 bridgehead atoms. The molecule has 0 unspecified atom stereocenters. The van der Waals surface area contributed by atoms with E-state index in [0.29, 0.717) is 5.11 Å². The van der Waals surface area contributed by atoms with E-state index in [0.717, 1.165) is 50.8 Å². The van der Waals surface area contributed by atoms with Gasteiger partial charge in [0.1, 0.15) is 0 Å².